The van der Waals surface area contributed by atoms with Crippen LogP contribution in [-0.2, 0) is 6.54 Å². The van der Waals surface area contributed by atoms with E-state index in [1.165, 1.54) is 10.4 Å². The zero-order valence-electron chi connectivity index (χ0n) is 9.57. The molecule has 0 saturated heterocycles. The number of aryl methyl sites for hydroxylation is 1. The first-order valence-corrected chi connectivity index (χ1v) is 6.42. The lowest BCUT2D eigenvalue weighted by Gasteiger charge is -1.90. The SMILES string of the molecule is Cc1ccc2oc(-c3csc(CN)c3)cc2c1. The first kappa shape index (κ1) is 10.6. The maximum atomic E-state index is 5.83. The Balaban J connectivity index is 2.11. The summed E-state index contributed by atoms with van der Waals surface area (Å²) >= 11 is 1.67. The molecule has 0 atom stereocenters. The number of benzene rings is 1. The van der Waals surface area contributed by atoms with Gasteiger partial charge in [-0.1, -0.05) is 11.6 Å². The lowest BCUT2D eigenvalue weighted by molar-refractivity contribution is 0.632. The van der Waals surface area contributed by atoms with Crippen molar-refractivity contribution in [2.24, 2.45) is 5.73 Å². The van der Waals surface area contributed by atoms with Gasteiger partial charge in [-0.05, 0) is 31.2 Å². The molecule has 0 radical (unpaired) electrons. The average Bonchev–Trinajstić information content (AvgIpc) is 2.93. The fourth-order valence-electron chi connectivity index (χ4n) is 1.92. The van der Waals surface area contributed by atoms with E-state index >= 15 is 0 Å². The summed E-state index contributed by atoms with van der Waals surface area (Å²) in [5, 5.41) is 3.24. The molecule has 0 saturated carbocycles. The predicted molar refractivity (Wildman–Crippen MR) is 72.2 cm³/mol. The molecule has 3 rings (SSSR count). The fourth-order valence-corrected chi connectivity index (χ4v) is 2.68. The van der Waals surface area contributed by atoms with Crippen LogP contribution < -0.4 is 5.73 Å². The maximum absolute atomic E-state index is 5.83. The van der Waals surface area contributed by atoms with E-state index in [9.17, 15) is 0 Å². The molecule has 3 aromatic rings. The second-order valence-corrected chi connectivity index (χ2v) is 5.15. The quantitative estimate of drug-likeness (QED) is 0.740. The van der Waals surface area contributed by atoms with E-state index < -0.39 is 0 Å². The first-order chi connectivity index (χ1) is 8.26. The van der Waals surface area contributed by atoms with Crippen molar-refractivity contribution < 1.29 is 4.42 Å². The van der Waals surface area contributed by atoms with Crippen molar-refractivity contribution in [1.29, 1.82) is 0 Å². The van der Waals surface area contributed by atoms with Gasteiger partial charge in [0.1, 0.15) is 11.3 Å². The van der Waals surface area contributed by atoms with Crippen LogP contribution in [0.3, 0.4) is 0 Å². The lowest BCUT2D eigenvalue weighted by atomic mass is 10.1. The van der Waals surface area contributed by atoms with Crippen LogP contribution in [0.25, 0.3) is 22.3 Å². The Kier molecular flexibility index (Phi) is 2.50. The van der Waals surface area contributed by atoms with E-state index in [4.69, 9.17) is 10.2 Å². The summed E-state index contributed by atoms with van der Waals surface area (Å²) in [5.74, 6) is 0.918. The van der Waals surface area contributed by atoms with Crippen molar-refractivity contribution in [1.82, 2.24) is 0 Å². The molecule has 0 fully saturated rings. The predicted octanol–water partition coefficient (Wildman–Crippen LogP) is 3.93. The van der Waals surface area contributed by atoms with E-state index in [1.54, 1.807) is 11.3 Å². The molecule has 0 aliphatic carbocycles. The summed E-state index contributed by atoms with van der Waals surface area (Å²) < 4.78 is 5.83. The number of hydrogen-bond acceptors (Lipinski definition) is 3. The van der Waals surface area contributed by atoms with Gasteiger partial charge in [0, 0.05) is 27.8 Å². The molecular weight excluding hydrogens is 230 g/mol. The summed E-state index contributed by atoms with van der Waals surface area (Å²) in [6, 6.07) is 10.4. The van der Waals surface area contributed by atoms with Crippen molar-refractivity contribution in [3.05, 3.63) is 46.2 Å². The molecule has 86 valence electrons. The van der Waals surface area contributed by atoms with Crippen molar-refractivity contribution in [3.63, 3.8) is 0 Å². The Morgan fingerprint density at radius 1 is 1.24 bits per heavy atom. The normalized spacial score (nSPS) is 11.2. The van der Waals surface area contributed by atoms with Crippen LogP contribution in [0.4, 0.5) is 0 Å². The number of furan rings is 1. The number of hydrogen-bond donors (Lipinski definition) is 1. The van der Waals surface area contributed by atoms with E-state index in [-0.39, 0.29) is 0 Å². The van der Waals surface area contributed by atoms with Gasteiger partial charge in [0.05, 0.1) is 0 Å². The second kappa shape index (κ2) is 4.02. The Morgan fingerprint density at radius 2 is 2.12 bits per heavy atom. The Morgan fingerprint density at radius 3 is 2.88 bits per heavy atom. The van der Waals surface area contributed by atoms with Crippen LogP contribution >= 0.6 is 11.3 Å². The zero-order valence-corrected chi connectivity index (χ0v) is 10.4. The molecular formula is C14H13NOS. The Hall–Kier alpha value is -1.58. The van der Waals surface area contributed by atoms with Gasteiger partial charge in [-0.15, -0.1) is 11.3 Å². The highest BCUT2D eigenvalue weighted by atomic mass is 32.1. The highest BCUT2D eigenvalue weighted by Gasteiger charge is 2.08. The van der Waals surface area contributed by atoms with Gasteiger partial charge in [0.15, 0.2) is 0 Å². The largest absolute Gasteiger partial charge is 0.456 e. The molecule has 2 N–H and O–H groups in total. The smallest absolute Gasteiger partial charge is 0.136 e. The van der Waals surface area contributed by atoms with Crippen LogP contribution in [0.1, 0.15) is 10.4 Å². The fraction of sp³-hybridized carbons (Fsp3) is 0.143. The molecule has 0 amide bonds. The molecule has 0 aliphatic heterocycles. The third-order valence-corrected chi connectivity index (χ3v) is 3.77. The van der Waals surface area contributed by atoms with Crippen LogP contribution in [0, 0.1) is 6.92 Å². The number of fused-ring (bicyclic) bond motifs is 1. The van der Waals surface area contributed by atoms with E-state index in [1.807, 2.05) is 6.07 Å². The minimum atomic E-state index is 0.587. The van der Waals surface area contributed by atoms with Crippen LogP contribution in [-0.4, -0.2) is 0 Å². The first-order valence-electron chi connectivity index (χ1n) is 5.54. The average molecular weight is 243 g/mol. The number of nitrogens with two attached hydrogens (primary N) is 1. The molecule has 0 aliphatic rings. The molecule has 3 heteroatoms. The zero-order chi connectivity index (χ0) is 11.8. The topological polar surface area (TPSA) is 39.2 Å². The summed E-state index contributed by atoms with van der Waals surface area (Å²) in [6.45, 7) is 2.67. The van der Waals surface area contributed by atoms with Crippen molar-refractivity contribution in [2.45, 2.75) is 13.5 Å². The minimum absolute atomic E-state index is 0.587. The van der Waals surface area contributed by atoms with E-state index in [0.717, 1.165) is 22.3 Å². The molecule has 2 heterocycles. The minimum Gasteiger partial charge on any atom is -0.456 e. The molecule has 0 unspecified atom stereocenters. The molecule has 1 aromatic carbocycles. The van der Waals surface area contributed by atoms with Gasteiger partial charge < -0.3 is 10.2 Å². The molecule has 0 spiro atoms. The highest BCUT2D eigenvalue weighted by molar-refractivity contribution is 7.10. The monoisotopic (exact) mass is 243 g/mol. The van der Waals surface area contributed by atoms with Crippen LogP contribution in [0.5, 0.6) is 0 Å². The summed E-state index contributed by atoms with van der Waals surface area (Å²) in [5.41, 5.74) is 8.92. The van der Waals surface area contributed by atoms with Gasteiger partial charge in [0.25, 0.3) is 0 Å². The summed E-state index contributed by atoms with van der Waals surface area (Å²) in [6.07, 6.45) is 0. The standard InChI is InChI=1S/C14H13NOS/c1-9-2-3-13-10(4-9)6-14(16-13)11-5-12(7-15)17-8-11/h2-6,8H,7,15H2,1H3. The third-order valence-electron chi connectivity index (χ3n) is 2.81. The van der Waals surface area contributed by atoms with Gasteiger partial charge >= 0.3 is 0 Å². The van der Waals surface area contributed by atoms with Gasteiger partial charge in [-0.2, -0.15) is 0 Å². The molecule has 2 aromatic heterocycles. The lowest BCUT2D eigenvalue weighted by Crippen LogP contribution is -1.91. The van der Waals surface area contributed by atoms with E-state index in [0.29, 0.717) is 6.54 Å². The second-order valence-electron chi connectivity index (χ2n) is 4.16. The number of rotatable bonds is 2. The van der Waals surface area contributed by atoms with Crippen molar-refractivity contribution in [2.75, 3.05) is 0 Å². The van der Waals surface area contributed by atoms with Gasteiger partial charge in [0.2, 0.25) is 0 Å². The molecule has 2 nitrogen and oxygen atoms in total. The van der Waals surface area contributed by atoms with Gasteiger partial charge in [-0.3, -0.25) is 0 Å². The summed E-state index contributed by atoms with van der Waals surface area (Å²) in [7, 11) is 0. The summed E-state index contributed by atoms with van der Waals surface area (Å²) in [4.78, 5) is 1.18. The Labute approximate surface area is 104 Å². The maximum Gasteiger partial charge on any atom is 0.136 e. The third kappa shape index (κ3) is 1.88. The number of thiophene rings is 1. The van der Waals surface area contributed by atoms with Crippen molar-refractivity contribution >= 4 is 22.3 Å². The highest BCUT2D eigenvalue weighted by Crippen LogP contribution is 2.31. The molecule has 17 heavy (non-hydrogen) atoms. The van der Waals surface area contributed by atoms with Gasteiger partial charge in [-0.25, -0.2) is 0 Å². The van der Waals surface area contributed by atoms with E-state index in [2.05, 4.69) is 36.6 Å². The Bertz CT molecular complexity index is 666. The molecule has 0 bridgehead atoms. The van der Waals surface area contributed by atoms with Crippen molar-refractivity contribution in [3.8, 4) is 11.3 Å². The van der Waals surface area contributed by atoms with Crippen LogP contribution in [0.15, 0.2) is 40.1 Å². The van der Waals surface area contributed by atoms with Crippen LogP contribution in [0.2, 0.25) is 0 Å².